The van der Waals surface area contributed by atoms with Gasteiger partial charge in [0.05, 0.1) is 6.42 Å². The largest absolute Gasteiger partial charge is 0.356 e. The molecule has 0 aliphatic rings. The zero-order chi connectivity index (χ0) is 14.6. The number of aromatic nitrogens is 1. The summed E-state index contributed by atoms with van der Waals surface area (Å²) in [6, 6.07) is 7.54. The topological polar surface area (TPSA) is 55.1 Å². The fraction of sp³-hybridized carbons (Fsp3) is 0.467. The van der Waals surface area contributed by atoms with Gasteiger partial charge in [-0.25, -0.2) is 0 Å². The number of fused-ring (bicyclic) bond motifs is 1. The molecule has 20 heavy (non-hydrogen) atoms. The van der Waals surface area contributed by atoms with Gasteiger partial charge in [-0.3, -0.25) is 4.79 Å². The Labute approximate surface area is 123 Å². The van der Waals surface area contributed by atoms with Crippen LogP contribution in [0.5, 0.6) is 0 Å². The second-order valence-corrected chi connectivity index (χ2v) is 5.58. The average Bonchev–Trinajstić information content (AvgIpc) is 2.82. The molecule has 0 spiro atoms. The van der Waals surface area contributed by atoms with Gasteiger partial charge in [0, 0.05) is 16.8 Å². The van der Waals surface area contributed by atoms with E-state index in [0.29, 0.717) is 17.2 Å². The minimum Gasteiger partial charge on any atom is -0.356 e. The van der Waals surface area contributed by atoms with Crippen LogP contribution in [0, 0.1) is 0 Å². The minimum atomic E-state index is -0.266. The van der Waals surface area contributed by atoms with Gasteiger partial charge in [0.2, 0.25) is 5.91 Å². The Morgan fingerprint density at radius 2 is 2.20 bits per heavy atom. The van der Waals surface area contributed by atoms with Gasteiger partial charge in [-0.1, -0.05) is 24.2 Å². The maximum atomic E-state index is 12.2. The van der Waals surface area contributed by atoms with Gasteiger partial charge >= 0.3 is 0 Å². The van der Waals surface area contributed by atoms with E-state index in [1.54, 1.807) is 0 Å². The number of para-hydroxylation sites is 1. The number of carbonyl (C=O) groups excluding carboxylic acids is 1. The number of nitrogens with one attached hydrogen (secondary N) is 1. The monoisotopic (exact) mass is 294 g/mol. The lowest BCUT2D eigenvalue weighted by atomic mass is 9.95. The number of halogens is 1. The third-order valence-corrected chi connectivity index (χ3v) is 3.84. The molecule has 1 amide bonds. The Bertz CT molecular complexity index is 596. The van der Waals surface area contributed by atoms with Crippen LogP contribution in [-0.2, 0) is 11.2 Å². The molecule has 2 rings (SSSR count). The van der Waals surface area contributed by atoms with Crippen LogP contribution in [0.15, 0.2) is 28.8 Å². The van der Waals surface area contributed by atoms with E-state index in [9.17, 15) is 4.79 Å². The van der Waals surface area contributed by atoms with Crippen molar-refractivity contribution in [3.8, 4) is 0 Å². The number of alkyl halides is 1. The zero-order valence-corrected chi connectivity index (χ0v) is 12.5. The molecule has 2 aromatic rings. The van der Waals surface area contributed by atoms with Gasteiger partial charge in [-0.2, -0.15) is 0 Å². The van der Waals surface area contributed by atoms with E-state index in [4.69, 9.17) is 16.1 Å². The van der Waals surface area contributed by atoms with Crippen molar-refractivity contribution in [3.63, 3.8) is 0 Å². The predicted octanol–water partition coefficient (Wildman–Crippen LogP) is 3.28. The van der Waals surface area contributed by atoms with Crippen molar-refractivity contribution in [2.75, 3.05) is 5.88 Å². The predicted molar refractivity (Wildman–Crippen MR) is 79.9 cm³/mol. The lowest BCUT2D eigenvalue weighted by Gasteiger charge is -2.28. The Kier molecular flexibility index (Phi) is 4.65. The van der Waals surface area contributed by atoms with E-state index >= 15 is 0 Å². The smallest absolute Gasteiger partial charge is 0.226 e. The summed E-state index contributed by atoms with van der Waals surface area (Å²) in [7, 11) is 0. The number of rotatable bonds is 6. The SMILES string of the molecule is CCC(C)(CCCl)NC(=O)Cc1noc2ccccc12. The molecule has 1 N–H and O–H groups in total. The Balaban J connectivity index is 2.08. The molecule has 4 nitrogen and oxygen atoms in total. The van der Waals surface area contributed by atoms with Crippen molar-refractivity contribution < 1.29 is 9.32 Å². The van der Waals surface area contributed by atoms with Gasteiger partial charge in [-0.05, 0) is 31.9 Å². The third-order valence-electron chi connectivity index (χ3n) is 3.65. The molecule has 5 heteroatoms. The fourth-order valence-electron chi connectivity index (χ4n) is 2.13. The number of carbonyl (C=O) groups is 1. The summed E-state index contributed by atoms with van der Waals surface area (Å²) >= 11 is 5.79. The fourth-order valence-corrected chi connectivity index (χ4v) is 2.55. The second-order valence-electron chi connectivity index (χ2n) is 5.20. The van der Waals surface area contributed by atoms with Crippen LogP contribution < -0.4 is 5.32 Å². The van der Waals surface area contributed by atoms with E-state index in [2.05, 4.69) is 10.5 Å². The first-order valence-corrected chi connectivity index (χ1v) is 7.31. The van der Waals surface area contributed by atoms with Crippen LogP contribution in [0.4, 0.5) is 0 Å². The standard InChI is InChI=1S/C15H19ClN2O2/c1-3-15(2,8-9-16)17-14(19)10-12-11-6-4-5-7-13(11)20-18-12/h4-7H,3,8-10H2,1-2H3,(H,17,19). The number of amides is 1. The quantitative estimate of drug-likeness (QED) is 0.832. The molecule has 0 aliphatic carbocycles. The number of benzene rings is 1. The molecule has 108 valence electrons. The van der Waals surface area contributed by atoms with Crippen LogP contribution in [-0.4, -0.2) is 22.5 Å². The van der Waals surface area contributed by atoms with Gasteiger partial charge in [-0.15, -0.1) is 11.6 Å². The molecule has 0 aliphatic heterocycles. The highest BCUT2D eigenvalue weighted by molar-refractivity contribution is 6.17. The molecule has 0 radical (unpaired) electrons. The van der Waals surface area contributed by atoms with Gasteiger partial charge in [0.1, 0.15) is 5.69 Å². The third kappa shape index (κ3) is 3.31. The molecule has 1 aromatic carbocycles. The summed E-state index contributed by atoms with van der Waals surface area (Å²) in [5.41, 5.74) is 1.11. The summed E-state index contributed by atoms with van der Waals surface area (Å²) in [5.74, 6) is 0.468. The molecule has 1 heterocycles. The highest BCUT2D eigenvalue weighted by atomic mass is 35.5. The summed E-state index contributed by atoms with van der Waals surface area (Å²) in [6.07, 6.45) is 1.80. The van der Waals surface area contributed by atoms with Crippen molar-refractivity contribution in [1.29, 1.82) is 0 Å². The number of hydrogen-bond acceptors (Lipinski definition) is 3. The second kappa shape index (κ2) is 6.27. The molecule has 0 saturated heterocycles. The van der Waals surface area contributed by atoms with Crippen molar-refractivity contribution in [3.05, 3.63) is 30.0 Å². The van der Waals surface area contributed by atoms with Crippen LogP contribution in [0.2, 0.25) is 0 Å². The van der Waals surface area contributed by atoms with E-state index in [0.717, 1.165) is 18.2 Å². The Morgan fingerprint density at radius 1 is 1.45 bits per heavy atom. The van der Waals surface area contributed by atoms with E-state index in [1.165, 1.54) is 0 Å². The van der Waals surface area contributed by atoms with Crippen molar-refractivity contribution in [1.82, 2.24) is 10.5 Å². The minimum absolute atomic E-state index is 0.0569. The normalized spacial score (nSPS) is 14.2. The number of nitrogens with zero attached hydrogens (tertiary/aromatic N) is 1. The van der Waals surface area contributed by atoms with Crippen molar-refractivity contribution >= 4 is 28.5 Å². The maximum absolute atomic E-state index is 12.2. The molecule has 1 unspecified atom stereocenters. The van der Waals surface area contributed by atoms with Crippen molar-refractivity contribution in [2.45, 2.75) is 38.6 Å². The summed E-state index contributed by atoms with van der Waals surface area (Å²) in [4.78, 5) is 12.2. The van der Waals surface area contributed by atoms with Gasteiger partial charge in [0.15, 0.2) is 5.58 Å². The molecule has 0 bridgehead atoms. The first-order chi connectivity index (χ1) is 9.58. The van der Waals surface area contributed by atoms with Crippen LogP contribution in [0.3, 0.4) is 0 Å². The lowest BCUT2D eigenvalue weighted by Crippen LogP contribution is -2.46. The molecule has 0 saturated carbocycles. The van der Waals surface area contributed by atoms with E-state index in [-0.39, 0.29) is 17.9 Å². The summed E-state index contributed by atoms with van der Waals surface area (Å²) in [6.45, 7) is 4.05. The lowest BCUT2D eigenvalue weighted by molar-refractivity contribution is -0.122. The van der Waals surface area contributed by atoms with Crippen LogP contribution >= 0.6 is 11.6 Å². The summed E-state index contributed by atoms with van der Waals surface area (Å²) < 4.78 is 5.20. The van der Waals surface area contributed by atoms with Crippen LogP contribution in [0.1, 0.15) is 32.4 Å². The maximum Gasteiger partial charge on any atom is 0.226 e. The molecular formula is C15H19ClN2O2. The Morgan fingerprint density at radius 3 is 2.90 bits per heavy atom. The first-order valence-electron chi connectivity index (χ1n) is 6.78. The molecule has 1 atom stereocenters. The van der Waals surface area contributed by atoms with Crippen molar-refractivity contribution in [2.24, 2.45) is 0 Å². The Hall–Kier alpha value is -1.55. The average molecular weight is 295 g/mol. The zero-order valence-electron chi connectivity index (χ0n) is 11.8. The molecule has 1 aromatic heterocycles. The first kappa shape index (κ1) is 14.9. The highest BCUT2D eigenvalue weighted by Crippen LogP contribution is 2.19. The van der Waals surface area contributed by atoms with E-state index in [1.807, 2.05) is 38.1 Å². The number of hydrogen-bond donors (Lipinski definition) is 1. The highest BCUT2D eigenvalue weighted by Gasteiger charge is 2.24. The molecule has 0 fully saturated rings. The van der Waals surface area contributed by atoms with Gasteiger partial charge < -0.3 is 9.84 Å². The summed E-state index contributed by atoms with van der Waals surface area (Å²) in [5, 5.41) is 7.90. The molecular weight excluding hydrogens is 276 g/mol. The van der Waals surface area contributed by atoms with E-state index < -0.39 is 0 Å². The van der Waals surface area contributed by atoms with Crippen LogP contribution in [0.25, 0.3) is 11.0 Å². The van der Waals surface area contributed by atoms with Gasteiger partial charge in [0.25, 0.3) is 0 Å².